The van der Waals surface area contributed by atoms with Gasteiger partial charge in [0, 0.05) is 0 Å². The average Bonchev–Trinajstić information content (AvgIpc) is 3.29. The summed E-state index contributed by atoms with van der Waals surface area (Å²) in [5.41, 5.74) is 1.57. The number of hydrogen-bond donors (Lipinski definition) is 1. The Morgan fingerprint density at radius 2 is 1.74 bits per heavy atom. The predicted octanol–water partition coefficient (Wildman–Crippen LogP) is 4.44. The van der Waals surface area contributed by atoms with Gasteiger partial charge in [0.25, 0.3) is 0 Å². The maximum absolute atomic E-state index is 13.9. The number of nitrogens with one attached hydrogen (secondary N) is 1. The predicted molar refractivity (Wildman–Crippen MR) is 89.4 cm³/mol. The lowest BCUT2D eigenvalue weighted by atomic mass is 9.96. The Morgan fingerprint density at radius 3 is 2.35 bits per heavy atom. The molecule has 1 fully saturated rings. The third kappa shape index (κ3) is 3.44. The standard InChI is InChI=1S/C20H22FNO/c1-13-12-17(13)19(15-8-4-3-5-9-15)22-20(23)14(2)16-10-6-7-11-18(16)21/h3-11,13-14,17,19H,12H2,1-2H3,(H,22,23). The van der Waals surface area contributed by atoms with Crippen molar-refractivity contribution in [2.75, 3.05) is 0 Å². The second-order valence-electron chi connectivity index (χ2n) is 6.52. The third-order valence-electron chi connectivity index (χ3n) is 4.82. The largest absolute Gasteiger partial charge is 0.348 e. The Hall–Kier alpha value is -2.16. The van der Waals surface area contributed by atoms with Gasteiger partial charge in [0.05, 0.1) is 12.0 Å². The van der Waals surface area contributed by atoms with Crippen LogP contribution in [0.25, 0.3) is 0 Å². The van der Waals surface area contributed by atoms with Gasteiger partial charge in [-0.2, -0.15) is 0 Å². The van der Waals surface area contributed by atoms with E-state index in [0.717, 1.165) is 12.0 Å². The molecule has 2 nitrogen and oxygen atoms in total. The van der Waals surface area contributed by atoms with Crippen LogP contribution in [0.2, 0.25) is 0 Å². The minimum absolute atomic E-state index is 0.00734. The van der Waals surface area contributed by atoms with Crippen LogP contribution in [-0.4, -0.2) is 5.91 Å². The minimum atomic E-state index is -0.503. The highest BCUT2D eigenvalue weighted by molar-refractivity contribution is 5.83. The molecule has 1 aliphatic rings. The maximum Gasteiger partial charge on any atom is 0.227 e. The molecular formula is C20H22FNO. The van der Waals surface area contributed by atoms with Crippen LogP contribution in [-0.2, 0) is 4.79 Å². The zero-order chi connectivity index (χ0) is 16.4. The van der Waals surface area contributed by atoms with Gasteiger partial charge in [-0.3, -0.25) is 4.79 Å². The van der Waals surface area contributed by atoms with E-state index in [-0.39, 0.29) is 17.8 Å². The van der Waals surface area contributed by atoms with E-state index in [9.17, 15) is 9.18 Å². The number of hydrogen-bond acceptors (Lipinski definition) is 1. The van der Waals surface area contributed by atoms with Gasteiger partial charge in [0.2, 0.25) is 5.91 Å². The smallest absolute Gasteiger partial charge is 0.227 e. The lowest BCUT2D eigenvalue weighted by Crippen LogP contribution is -2.33. The first kappa shape index (κ1) is 15.7. The van der Waals surface area contributed by atoms with Crippen molar-refractivity contribution in [2.24, 2.45) is 11.8 Å². The van der Waals surface area contributed by atoms with Crippen molar-refractivity contribution in [3.05, 3.63) is 71.5 Å². The molecule has 0 aromatic heterocycles. The molecule has 3 rings (SSSR count). The number of benzene rings is 2. The lowest BCUT2D eigenvalue weighted by Gasteiger charge is -2.22. The second-order valence-corrected chi connectivity index (χ2v) is 6.52. The Kier molecular flexibility index (Phi) is 4.46. The van der Waals surface area contributed by atoms with Gasteiger partial charge in [-0.15, -0.1) is 0 Å². The molecule has 1 saturated carbocycles. The summed E-state index contributed by atoms with van der Waals surface area (Å²) in [4.78, 5) is 12.6. The molecule has 0 bridgehead atoms. The topological polar surface area (TPSA) is 29.1 Å². The molecule has 3 heteroatoms. The monoisotopic (exact) mass is 311 g/mol. The molecule has 0 radical (unpaired) electrons. The summed E-state index contributed by atoms with van der Waals surface area (Å²) in [5, 5.41) is 3.15. The fourth-order valence-electron chi connectivity index (χ4n) is 3.16. The molecule has 1 aliphatic carbocycles. The normalized spacial score (nSPS) is 22.2. The summed E-state index contributed by atoms with van der Waals surface area (Å²) >= 11 is 0. The Labute approximate surface area is 136 Å². The summed E-state index contributed by atoms with van der Waals surface area (Å²) in [6, 6.07) is 16.5. The van der Waals surface area contributed by atoms with Crippen molar-refractivity contribution in [2.45, 2.75) is 32.2 Å². The van der Waals surface area contributed by atoms with Gasteiger partial charge in [0.15, 0.2) is 0 Å². The molecular weight excluding hydrogens is 289 g/mol. The van der Waals surface area contributed by atoms with E-state index >= 15 is 0 Å². The number of amides is 1. The van der Waals surface area contributed by atoms with Crippen molar-refractivity contribution in [3.63, 3.8) is 0 Å². The molecule has 2 aromatic carbocycles. The Morgan fingerprint density at radius 1 is 1.13 bits per heavy atom. The molecule has 0 heterocycles. The number of rotatable bonds is 5. The number of carbonyl (C=O) groups excluding carboxylic acids is 1. The highest BCUT2D eigenvalue weighted by Gasteiger charge is 2.41. The first-order valence-electron chi connectivity index (χ1n) is 8.17. The van der Waals surface area contributed by atoms with Crippen LogP contribution in [0.1, 0.15) is 43.4 Å². The Balaban J connectivity index is 1.78. The van der Waals surface area contributed by atoms with Crippen LogP contribution in [0.4, 0.5) is 4.39 Å². The van der Waals surface area contributed by atoms with Gasteiger partial charge in [-0.05, 0) is 42.4 Å². The van der Waals surface area contributed by atoms with Crippen LogP contribution >= 0.6 is 0 Å². The van der Waals surface area contributed by atoms with Crippen LogP contribution in [0.15, 0.2) is 54.6 Å². The van der Waals surface area contributed by atoms with Crippen LogP contribution in [0, 0.1) is 17.7 Å². The van der Waals surface area contributed by atoms with E-state index in [2.05, 4.69) is 12.2 Å². The van der Waals surface area contributed by atoms with Crippen molar-refractivity contribution in [1.29, 1.82) is 0 Å². The van der Waals surface area contributed by atoms with Crippen LogP contribution < -0.4 is 5.32 Å². The van der Waals surface area contributed by atoms with E-state index in [1.807, 2.05) is 30.3 Å². The first-order chi connectivity index (χ1) is 11.1. The zero-order valence-corrected chi connectivity index (χ0v) is 13.5. The number of carbonyl (C=O) groups is 1. The summed E-state index contributed by atoms with van der Waals surface area (Å²) in [6.45, 7) is 3.96. The molecule has 1 N–H and O–H groups in total. The molecule has 0 saturated heterocycles. The van der Waals surface area contributed by atoms with E-state index in [1.165, 1.54) is 6.07 Å². The van der Waals surface area contributed by atoms with Crippen molar-refractivity contribution in [3.8, 4) is 0 Å². The average molecular weight is 311 g/mol. The molecule has 1 amide bonds. The van der Waals surface area contributed by atoms with Gasteiger partial charge in [-0.1, -0.05) is 55.5 Å². The molecule has 23 heavy (non-hydrogen) atoms. The summed E-state index contributed by atoms with van der Waals surface area (Å²) < 4.78 is 13.9. The third-order valence-corrected chi connectivity index (χ3v) is 4.82. The SMILES string of the molecule is CC(C(=O)NC(c1ccccc1)C1CC1C)c1ccccc1F. The summed E-state index contributed by atoms with van der Waals surface area (Å²) in [5.74, 6) is 0.129. The van der Waals surface area contributed by atoms with Crippen molar-refractivity contribution in [1.82, 2.24) is 5.32 Å². The van der Waals surface area contributed by atoms with Gasteiger partial charge in [-0.25, -0.2) is 4.39 Å². The second kappa shape index (κ2) is 6.53. The highest BCUT2D eigenvalue weighted by Crippen LogP contribution is 2.47. The molecule has 2 aromatic rings. The van der Waals surface area contributed by atoms with Crippen LogP contribution in [0.5, 0.6) is 0 Å². The van der Waals surface area contributed by atoms with E-state index in [4.69, 9.17) is 0 Å². The Bertz CT molecular complexity index is 685. The molecule has 0 spiro atoms. The zero-order valence-electron chi connectivity index (χ0n) is 13.5. The van der Waals surface area contributed by atoms with E-state index in [1.54, 1.807) is 25.1 Å². The molecule has 4 unspecified atom stereocenters. The van der Waals surface area contributed by atoms with E-state index in [0.29, 0.717) is 17.4 Å². The first-order valence-corrected chi connectivity index (χ1v) is 8.17. The molecule has 4 atom stereocenters. The maximum atomic E-state index is 13.9. The van der Waals surface area contributed by atoms with Gasteiger partial charge < -0.3 is 5.32 Å². The lowest BCUT2D eigenvalue weighted by molar-refractivity contribution is -0.123. The molecule has 0 aliphatic heterocycles. The van der Waals surface area contributed by atoms with Gasteiger partial charge >= 0.3 is 0 Å². The van der Waals surface area contributed by atoms with Crippen molar-refractivity contribution >= 4 is 5.91 Å². The van der Waals surface area contributed by atoms with Crippen molar-refractivity contribution < 1.29 is 9.18 Å². The quantitative estimate of drug-likeness (QED) is 0.869. The summed E-state index contributed by atoms with van der Waals surface area (Å²) in [6.07, 6.45) is 1.12. The van der Waals surface area contributed by atoms with Gasteiger partial charge in [0.1, 0.15) is 5.82 Å². The fraction of sp³-hybridized carbons (Fsp3) is 0.350. The summed E-state index contributed by atoms with van der Waals surface area (Å²) in [7, 11) is 0. The number of halogens is 1. The minimum Gasteiger partial charge on any atom is -0.348 e. The molecule has 120 valence electrons. The highest BCUT2D eigenvalue weighted by atomic mass is 19.1. The fourth-order valence-corrected chi connectivity index (χ4v) is 3.16. The van der Waals surface area contributed by atoms with Crippen LogP contribution in [0.3, 0.4) is 0 Å². The van der Waals surface area contributed by atoms with E-state index < -0.39 is 5.92 Å².